The van der Waals surface area contributed by atoms with Crippen molar-refractivity contribution in [1.82, 2.24) is 4.98 Å². The van der Waals surface area contributed by atoms with Crippen molar-refractivity contribution >= 4 is 17.4 Å². The molecular weight excluding hydrogens is 188 g/mol. The molecule has 0 radical (unpaired) electrons. The Hall–Kier alpha value is -1.31. The van der Waals surface area contributed by atoms with Gasteiger partial charge < -0.3 is 0 Å². The second kappa shape index (κ2) is 3.60. The number of rotatable bonds is 1. The molecule has 0 fully saturated rings. The van der Waals surface area contributed by atoms with Crippen molar-refractivity contribution < 1.29 is 0 Å². The van der Waals surface area contributed by atoms with Crippen molar-refractivity contribution in [3.8, 4) is 6.07 Å². The van der Waals surface area contributed by atoms with Gasteiger partial charge in [-0.2, -0.15) is 5.26 Å². The maximum Gasteiger partial charge on any atom is 0.162 e. The van der Waals surface area contributed by atoms with Crippen LogP contribution in [0.15, 0.2) is 6.07 Å². The third-order valence-electron chi connectivity index (χ3n) is 1.61. The maximum atomic E-state index is 8.82. The van der Waals surface area contributed by atoms with E-state index >= 15 is 0 Å². The van der Waals surface area contributed by atoms with E-state index in [1.54, 1.807) is 20.0 Å². The summed E-state index contributed by atoms with van der Waals surface area (Å²) in [5.74, 6) is 5.88. The largest absolute Gasteiger partial charge is 0.297 e. The molecule has 0 aliphatic carbocycles. The van der Waals surface area contributed by atoms with Crippen molar-refractivity contribution in [2.45, 2.75) is 6.92 Å². The quantitative estimate of drug-likeness (QED) is 0.417. The van der Waals surface area contributed by atoms with Crippen LogP contribution in [0, 0.1) is 18.3 Å². The highest BCUT2D eigenvalue weighted by Crippen LogP contribution is 2.21. The summed E-state index contributed by atoms with van der Waals surface area (Å²) < 4.78 is 0. The lowest BCUT2D eigenvalue weighted by molar-refractivity contribution is 0.968. The Morgan fingerprint density at radius 1 is 1.69 bits per heavy atom. The third kappa shape index (κ3) is 1.89. The Kier molecular flexibility index (Phi) is 2.71. The number of aromatic nitrogens is 1. The Morgan fingerprint density at radius 3 is 2.77 bits per heavy atom. The van der Waals surface area contributed by atoms with Crippen molar-refractivity contribution in [3.05, 3.63) is 22.3 Å². The minimum Gasteiger partial charge on any atom is -0.297 e. The van der Waals surface area contributed by atoms with Gasteiger partial charge in [0.15, 0.2) is 5.82 Å². The van der Waals surface area contributed by atoms with Gasteiger partial charge in [0.25, 0.3) is 0 Å². The molecule has 1 heterocycles. The van der Waals surface area contributed by atoms with Crippen LogP contribution in [0.1, 0.15) is 11.1 Å². The monoisotopic (exact) mass is 196 g/mol. The number of nitriles is 1. The predicted octanol–water partition coefficient (Wildman–Crippen LogP) is 1.23. The summed E-state index contributed by atoms with van der Waals surface area (Å²) >= 11 is 5.72. The van der Waals surface area contributed by atoms with Crippen molar-refractivity contribution in [1.29, 1.82) is 5.26 Å². The standard InChI is InChI=1S/C8H9ClN4/c1-5-3-7(9)12-8(13(2)11)6(5)4-10/h3H,11H2,1-2H3. The molecule has 2 N–H and O–H groups in total. The van der Waals surface area contributed by atoms with E-state index in [4.69, 9.17) is 22.7 Å². The Morgan fingerprint density at radius 2 is 2.31 bits per heavy atom. The van der Waals surface area contributed by atoms with Crippen LogP contribution in [-0.4, -0.2) is 12.0 Å². The van der Waals surface area contributed by atoms with Gasteiger partial charge in [0, 0.05) is 7.05 Å². The maximum absolute atomic E-state index is 8.82. The zero-order valence-electron chi connectivity index (χ0n) is 7.37. The molecule has 13 heavy (non-hydrogen) atoms. The predicted molar refractivity (Wildman–Crippen MR) is 51.3 cm³/mol. The van der Waals surface area contributed by atoms with E-state index in [0.717, 1.165) is 5.56 Å². The Balaban J connectivity index is 3.41. The second-order valence-corrected chi connectivity index (χ2v) is 3.07. The molecule has 0 saturated heterocycles. The van der Waals surface area contributed by atoms with Gasteiger partial charge in [-0.1, -0.05) is 11.6 Å². The van der Waals surface area contributed by atoms with Gasteiger partial charge in [-0.15, -0.1) is 0 Å². The molecule has 0 saturated carbocycles. The number of hydrazine groups is 1. The average molecular weight is 197 g/mol. The van der Waals surface area contributed by atoms with E-state index in [2.05, 4.69) is 4.98 Å². The van der Waals surface area contributed by atoms with Crippen LogP contribution in [0.4, 0.5) is 5.82 Å². The molecule has 0 unspecified atom stereocenters. The summed E-state index contributed by atoms with van der Waals surface area (Å²) in [5.41, 5.74) is 1.23. The van der Waals surface area contributed by atoms with Crippen molar-refractivity contribution in [2.24, 2.45) is 5.84 Å². The van der Waals surface area contributed by atoms with Crippen LogP contribution in [-0.2, 0) is 0 Å². The third-order valence-corrected chi connectivity index (χ3v) is 1.81. The fourth-order valence-corrected chi connectivity index (χ4v) is 1.25. The molecule has 0 amide bonds. The van der Waals surface area contributed by atoms with Gasteiger partial charge in [0.2, 0.25) is 0 Å². The number of nitrogens with two attached hydrogens (primary N) is 1. The first kappa shape index (κ1) is 9.78. The first-order valence-electron chi connectivity index (χ1n) is 3.62. The zero-order chi connectivity index (χ0) is 10.0. The van der Waals surface area contributed by atoms with E-state index < -0.39 is 0 Å². The van der Waals surface area contributed by atoms with Gasteiger partial charge in [0.1, 0.15) is 11.2 Å². The molecule has 4 nitrogen and oxygen atoms in total. The van der Waals surface area contributed by atoms with Crippen LogP contribution in [0.25, 0.3) is 0 Å². The van der Waals surface area contributed by atoms with E-state index in [1.807, 2.05) is 6.07 Å². The zero-order valence-corrected chi connectivity index (χ0v) is 8.13. The van der Waals surface area contributed by atoms with E-state index in [0.29, 0.717) is 16.5 Å². The van der Waals surface area contributed by atoms with Gasteiger partial charge in [0.05, 0.1) is 5.56 Å². The molecule has 0 atom stereocenters. The van der Waals surface area contributed by atoms with Gasteiger partial charge in [-0.3, -0.25) is 5.01 Å². The topological polar surface area (TPSA) is 65.9 Å². The van der Waals surface area contributed by atoms with Crippen LogP contribution >= 0.6 is 11.6 Å². The molecule has 0 aromatic carbocycles. The van der Waals surface area contributed by atoms with E-state index in [9.17, 15) is 0 Å². The molecule has 0 aliphatic rings. The lowest BCUT2D eigenvalue weighted by Gasteiger charge is -2.13. The van der Waals surface area contributed by atoms with Crippen molar-refractivity contribution in [3.63, 3.8) is 0 Å². The molecular formula is C8H9ClN4. The molecule has 0 aliphatic heterocycles. The number of halogens is 1. The van der Waals surface area contributed by atoms with E-state index in [-0.39, 0.29) is 0 Å². The number of nitrogens with zero attached hydrogens (tertiary/aromatic N) is 3. The van der Waals surface area contributed by atoms with E-state index in [1.165, 1.54) is 5.01 Å². The highest BCUT2D eigenvalue weighted by atomic mass is 35.5. The summed E-state index contributed by atoms with van der Waals surface area (Å²) in [6.45, 7) is 1.79. The summed E-state index contributed by atoms with van der Waals surface area (Å²) in [6, 6.07) is 3.66. The van der Waals surface area contributed by atoms with Crippen LogP contribution < -0.4 is 10.9 Å². The molecule has 0 spiro atoms. The fourth-order valence-electron chi connectivity index (χ4n) is 1.01. The lowest BCUT2D eigenvalue weighted by Crippen LogP contribution is -2.27. The van der Waals surface area contributed by atoms with Crippen LogP contribution in [0.5, 0.6) is 0 Å². The second-order valence-electron chi connectivity index (χ2n) is 2.68. The summed E-state index contributed by atoms with van der Waals surface area (Å²) in [4.78, 5) is 3.95. The number of hydrogen-bond acceptors (Lipinski definition) is 4. The number of anilines is 1. The smallest absolute Gasteiger partial charge is 0.162 e. The molecule has 0 bridgehead atoms. The van der Waals surface area contributed by atoms with Crippen LogP contribution in [0.2, 0.25) is 5.15 Å². The highest BCUT2D eigenvalue weighted by molar-refractivity contribution is 6.29. The Labute approximate surface area is 81.5 Å². The molecule has 1 rings (SSSR count). The first-order valence-corrected chi connectivity index (χ1v) is 3.99. The fraction of sp³-hybridized carbons (Fsp3) is 0.250. The average Bonchev–Trinajstić information content (AvgIpc) is 2.02. The van der Waals surface area contributed by atoms with Crippen LogP contribution in [0.3, 0.4) is 0 Å². The lowest BCUT2D eigenvalue weighted by atomic mass is 10.1. The summed E-state index contributed by atoms with van der Waals surface area (Å²) in [7, 11) is 1.61. The van der Waals surface area contributed by atoms with Gasteiger partial charge in [-0.05, 0) is 18.6 Å². The summed E-state index contributed by atoms with van der Waals surface area (Å²) in [5, 5.41) is 10.4. The van der Waals surface area contributed by atoms with Crippen molar-refractivity contribution in [2.75, 3.05) is 12.1 Å². The Bertz CT molecular complexity index is 367. The normalized spacial score (nSPS) is 9.46. The molecule has 1 aromatic heterocycles. The number of aryl methyl sites for hydroxylation is 1. The van der Waals surface area contributed by atoms with Gasteiger partial charge in [-0.25, -0.2) is 10.8 Å². The highest BCUT2D eigenvalue weighted by Gasteiger charge is 2.10. The molecule has 1 aromatic rings. The SMILES string of the molecule is Cc1cc(Cl)nc(N(C)N)c1C#N. The molecule has 68 valence electrons. The van der Waals surface area contributed by atoms with Gasteiger partial charge >= 0.3 is 0 Å². The number of pyridine rings is 1. The number of hydrogen-bond donors (Lipinski definition) is 1. The minimum atomic E-state index is 0.337. The first-order chi connectivity index (χ1) is 6.06. The molecule has 5 heteroatoms. The summed E-state index contributed by atoms with van der Waals surface area (Å²) in [6.07, 6.45) is 0. The minimum absolute atomic E-state index is 0.337.